The van der Waals surface area contributed by atoms with Crippen LogP contribution in [-0.4, -0.2) is 0 Å². The van der Waals surface area contributed by atoms with E-state index in [9.17, 15) is 0 Å². The maximum Gasteiger partial charge on any atom is 0.216 e. The Morgan fingerprint density at radius 2 is 0.625 bits per heavy atom. The predicted molar refractivity (Wildman–Crippen MR) is 112 cm³/mol. The van der Waals surface area contributed by atoms with E-state index in [1.807, 2.05) is 20.8 Å². The van der Waals surface area contributed by atoms with Crippen molar-refractivity contribution in [2.24, 2.45) is 0 Å². The van der Waals surface area contributed by atoms with Gasteiger partial charge in [0.25, 0.3) is 0 Å². The molecule has 138 valence electrons. The number of halogens is 9. The molecule has 1 aromatic carbocycles. The summed E-state index contributed by atoms with van der Waals surface area (Å²) < 4.78 is -5.26. The summed E-state index contributed by atoms with van der Waals surface area (Å²) in [5.74, 6) is 0. The van der Waals surface area contributed by atoms with Crippen molar-refractivity contribution < 1.29 is 0 Å². The lowest BCUT2D eigenvalue weighted by molar-refractivity contribution is 0.897. The summed E-state index contributed by atoms with van der Waals surface area (Å²) in [6.45, 7) is 5.68. The van der Waals surface area contributed by atoms with Gasteiger partial charge in [-0.05, 0) is 36.0 Å². The highest BCUT2D eigenvalue weighted by atomic mass is 35.6. The van der Waals surface area contributed by atoms with Gasteiger partial charge in [-0.15, -0.1) is 0 Å². The summed E-state index contributed by atoms with van der Waals surface area (Å²) >= 11 is 56.1. The minimum Gasteiger partial charge on any atom is -0.0784 e. The largest absolute Gasteiger partial charge is 0.216 e. The second kappa shape index (κ2) is 8.46. The van der Waals surface area contributed by atoms with Crippen molar-refractivity contribution in [3.05, 3.63) is 33.4 Å². The summed E-state index contributed by atoms with van der Waals surface area (Å²) in [6.07, 6.45) is 1.48. The van der Waals surface area contributed by atoms with Crippen molar-refractivity contribution in [1.29, 1.82) is 0 Å². The second-order valence-corrected chi connectivity index (χ2v) is 12.0. The van der Waals surface area contributed by atoms with Crippen molar-refractivity contribution in [3.8, 4) is 0 Å². The Morgan fingerprint density at radius 1 is 0.458 bits per heavy atom. The molecule has 0 aromatic heterocycles. The molecule has 0 aliphatic rings. The molecule has 0 atom stereocenters. The van der Waals surface area contributed by atoms with Crippen molar-refractivity contribution in [1.82, 2.24) is 0 Å². The molecule has 0 aliphatic carbocycles. The first-order valence-corrected chi connectivity index (χ1v) is 10.5. The molecule has 0 spiro atoms. The molecule has 0 bridgehead atoms. The van der Waals surface area contributed by atoms with Gasteiger partial charge in [0.2, 0.25) is 11.4 Å². The summed E-state index contributed by atoms with van der Waals surface area (Å²) in [5.41, 5.74) is 3.21. The van der Waals surface area contributed by atoms with Crippen LogP contribution in [0.2, 0.25) is 0 Å². The van der Waals surface area contributed by atoms with Crippen LogP contribution < -0.4 is 0 Å². The quantitative estimate of drug-likeness (QED) is 0.354. The first-order chi connectivity index (χ1) is 10.7. The fourth-order valence-electron chi connectivity index (χ4n) is 3.01. The van der Waals surface area contributed by atoms with Gasteiger partial charge in [-0.25, -0.2) is 0 Å². The summed E-state index contributed by atoms with van der Waals surface area (Å²) in [6, 6.07) is 0. The molecule has 0 saturated heterocycles. The van der Waals surface area contributed by atoms with Gasteiger partial charge in [0.15, 0.2) is 0 Å². The molecule has 1 aromatic rings. The highest BCUT2D eigenvalue weighted by Crippen LogP contribution is 2.54. The van der Waals surface area contributed by atoms with Crippen molar-refractivity contribution in [2.75, 3.05) is 0 Å². The first-order valence-electron chi connectivity index (χ1n) is 7.13. The lowest BCUT2D eigenvalue weighted by atomic mass is 9.84. The van der Waals surface area contributed by atoms with Gasteiger partial charge >= 0.3 is 0 Å². The van der Waals surface area contributed by atoms with Crippen molar-refractivity contribution >= 4 is 104 Å². The minimum atomic E-state index is -1.75. The van der Waals surface area contributed by atoms with E-state index < -0.39 is 11.4 Å². The lowest BCUT2D eigenvalue weighted by Gasteiger charge is -2.33. The maximum atomic E-state index is 6.24. The number of rotatable bonds is 3. The molecule has 0 nitrogen and oxygen atoms in total. The minimum absolute atomic E-state index is 0.414. The van der Waals surface area contributed by atoms with E-state index in [1.54, 1.807) is 0 Å². The van der Waals surface area contributed by atoms with Crippen molar-refractivity contribution in [2.45, 2.75) is 51.4 Å². The van der Waals surface area contributed by atoms with E-state index in [2.05, 4.69) is 0 Å². The SMILES string of the molecule is CCc1c(C(Cl)(Cl)Cl)c(CC)c(C(Cl)(Cl)Cl)c(CC)c1C(Cl)(Cl)Cl. The smallest absolute Gasteiger partial charge is 0.0784 e. The Morgan fingerprint density at radius 3 is 0.708 bits per heavy atom. The molecule has 0 N–H and O–H groups in total. The van der Waals surface area contributed by atoms with Gasteiger partial charge in [0.1, 0.15) is 0 Å². The Kier molecular flexibility index (Phi) is 8.41. The highest BCUT2D eigenvalue weighted by Gasteiger charge is 2.42. The zero-order chi connectivity index (χ0) is 19.1. The van der Waals surface area contributed by atoms with Crippen LogP contribution in [0.5, 0.6) is 0 Å². The van der Waals surface area contributed by atoms with E-state index >= 15 is 0 Å². The van der Waals surface area contributed by atoms with Gasteiger partial charge < -0.3 is 0 Å². The van der Waals surface area contributed by atoms with Crippen LogP contribution in [0.1, 0.15) is 54.2 Å². The van der Waals surface area contributed by atoms with Crippen LogP contribution in [0.4, 0.5) is 0 Å². The summed E-state index contributed by atoms with van der Waals surface area (Å²) in [5, 5.41) is 0. The van der Waals surface area contributed by atoms with Crippen LogP contribution in [0.15, 0.2) is 0 Å². The predicted octanol–water partition coefficient (Wildman–Crippen LogP) is 8.85. The summed E-state index contributed by atoms with van der Waals surface area (Å²) in [4.78, 5) is 0. The molecular weight excluding hydrogens is 499 g/mol. The molecule has 9 heteroatoms. The van der Waals surface area contributed by atoms with Crippen LogP contribution in [0, 0.1) is 0 Å². The van der Waals surface area contributed by atoms with Gasteiger partial charge in [-0.3, -0.25) is 0 Å². The first kappa shape index (κ1) is 23.9. The Bertz CT molecular complexity index is 497. The molecule has 24 heavy (non-hydrogen) atoms. The molecule has 0 radical (unpaired) electrons. The standard InChI is InChI=1S/C15H15Cl9/c1-4-7-10(13(16,17)18)8(5-2)12(15(22,23)24)9(6-3)11(7)14(19,20)21/h4-6H2,1-3H3. The van der Waals surface area contributed by atoms with Crippen molar-refractivity contribution in [3.63, 3.8) is 0 Å². The topological polar surface area (TPSA) is 0 Å². The molecular formula is C15H15Cl9. The number of alkyl halides is 9. The normalized spacial score (nSPS) is 13.5. The average molecular weight is 514 g/mol. The van der Waals surface area contributed by atoms with E-state index in [0.29, 0.717) is 52.6 Å². The van der Waals surface area contributed by atoms with Gasteiger partial charge in [0.05, 0.1) is 0 Å². The Balaban J connectivity index is 4.27. The molecule has 0 saturated carbocycles. The van der Waals surface area contributed by atoms with Crippen LogP contribution in [0.3, 0.4) is 0 Å². The Hall–Kier alpha value is 1.83. The van der Waals surface area contributed by atoms with E-state index in [-0.39, 0.29) is 0 Å². The van der Waals surface area contributed by atoms with Crippen LogP contribution in [0.25, 0.3) is 0 Å². The lowest BCUT2D eigenvalue weighted by Crippen LogP contribution is -2.24. The monoisotopic (exact) mass is 510 g/mol. The van der Waals surface area contributed by atoms with E-state index in [4.69, 9.17) is 104 Å². The van der Waals surface area contributed by atoms with E-state index in [0.717, 1.165) is 0 Å². The third-order valence-electron chi connectivity index (χ3n) is 3.72. The highest BCUT2D eigenvalue weighted by molar-refractivity contribution is 6.69. The fraction of sp³-hybridized carbons (Fsp3) is 0.600. The second-order valence-electron chi connectivity index (χ2n) is 5.11. The van der Waals surface area contributed by atoms with Gasteiger partial charge in [0, 0.05) is 16.7 Å². The molecule has 0 heterocycles. The molecule has 0 amide bonds. The molecule has 1 rings (SSSR count). The summed E-state index contributed by atoms with van der Waals surface area (Å²) in [7, 11) is 0. The van der Waals surface area contributed by atoms with E-state index in [1.165, 1.54) is 0 Å². The van der Waals surface area contributed by atoms with Gasteiger partial charge in [-0.2, -0.15) is 0 Å². The Labute approximate surface area is 187 Å². The molecule has 0 unspecified atom stereocenters. The number of hydrogen-bond donors (Lipinski definition) is 0. The maximum absolute atomic E-state index is 6.24. The third kappa shape index (κ3) is 5.00. The number of benzene rings is 1. The fourth-order valence-corrected chi connectivity index (χ4v) is 5.06. The molecule has 0 aliphatic heterocycles. The number of hydrogen-bond acceptors (Lipinski definition) is 0. The van der Waals surface area contributed by atoms with Crippen LogP contribution in [-0.2, 0) is 30.6 Å². The molecule has 0 fully saturated rings. The zero-order valence-corrected chi connectivity index (χ0v) is 19.8. The third-order valence-corrected chi connectivity index (χ3v) is 5.42. The average Bonchev–Trinajstić information content (AvgIpc) is 2.40. The van der Waals surface area contributed by atoms with Crippen LogP contribution >= 0.6 is 104 Å². The van der Waals surface area contributed by atoms with Gasteiger partial charge in [-0.1, -0.05) is 125 Å². The zero-order valence-electron chi connectivity index (χ0n) is 13.0.